The number of ether oxygens (including phenoxy) is 1. The van der Waals surface area contributed by atoms with Gasteiger partial charge in [0.05, 0.1) is 16.0 Å². The Morgan fingerprint density at radius 2 is 2.00 bits per heavy atom. The molecular weight excluding hydrogens is 294 g/mol. The molecule has 2 rings (SSSR count). The van der Waals surface area contributed by atoms with Crippen molar-refractivity contribution in [1.29, 1.82) is 0 Å². The van der Waals surface area contributed by atoms with Crippen LogP contribution in [0.25, 0.3) is 0 Å². The Morgan fingerprint density at radius 1 is 1.29 bits per heavy atom. The number of Topliss-reactive ketones (excluding diaryl/α,β-unsaturated/α-hetero) is 1. The molecule has 2 aromatic carbocycles. The van der Waals surface area contributed by atoms with Crippen molar-refractivity contribution in [1.82, 2.24) is 0 Å². The first-order valence-electron chi connectivity index (χ1n) is 6.14. The molecule has 0 aliphatic rings. The van der Waals surface area contributed by atoms with Crippen LogP contribution in [0.15, 0.2) is 42.5 Å². The van der Waals surface area contributed by atoms with Crippen molar-refractivity contribution >= 4 is 23.1 Å². The first kappa shape index (κ1) is 15.0. The molecule has 0 radical (unpaired) electrons. The van der Waals surface area contributed by atoms with Gasteiger partial charge in [0.2, 0.25) is 0 Å². The van der Waals surface area contributed by atoms with Crippen LogP contribution >= 0.6 is 11.6 Å². The van der Waals surface area contributed by atoms with Gasteiger partial charge in [0.1, 0.15) is 5.75 Å². The number of carbonyl (C=O) groups is 1. The molecule has 0 atom stereocenters. The SMILES string of the molecule is Cc1ccccc1C(=O)COc1cc([N+](=O)[O-])ccc1Cl. The van der Waals surface area contributed by atoms with E-state index in [1.165, 1.54) is 18.2 Å². The van der Waals surface area contributed by atoms with Gasteiger partial charge in [-0.2, -0.15) is 0 Å². The Balaban J connectivity index is 2.13. The van der Waals surface area contributed by atoms with E-state index in [-0.39, 0.29) is 28.8 Å². The van der Waals surface area contributed by atoms with E-state index < -0.39 is 4.92 Å². The molecule has 0 aromatic heterocycles. The van der Waals surface area contributed by atoms with Crippen molar-refractivity contribution in [2.45, 2.75) is 6.92 Å². The second-order valence-corrected chi connectivity index (χ2v) is 4.81. The van der Waals surface area contributed by atoms with Crippen LogP contribution in [0.3, 0.4) is 0 Å². The van der Waals surface area contributed by atoms with E-state index in [4.69, 9.17) is 16.3 Å². The van der Waals surface area contributed by atoms with Gasteiger partial charge in [-0.3, -0.25) is 14.9 Å². The van der Waals surface area contributed by atoms with Crippen LogP contribution in [0.4, 0.5) is 5.69 Å². The highest BCUT2D eigenvalue weighted by Crippen LogP contribution is 2.29. The van der Waals surface area contributed by atoms with Gasteiger partial charge in [-0.1, -0.05) is 35.9 Å². The number of non-ortho nitro benzene ring substituents is 1. The fraction of sp³-hybridized carbons (Fsp3) is 0.133. The largest absolute Gasteiger partial charge is 0.484 e. The van der Waals surface area contributed by atoms with Crippen molar-refractivity contribution in [3.63, 3.8) is 0 Å². The lowest BCUT2D eigenvalue weighted by Gasteiger charge is -2.08. The number of carbonyl (C=O) groups excluding carboxylic acids is 1. The number of hydrogen-bond donors (Lipinski definition) is 0. The lowest BCUT2D eigenvalue weighted by Crippen LogP contribution is -2.13. The summed E-state index contributed by atoms with van der Waals surface area (Å²) in [7, 11) is 0. The maximum Gasteiger partial charge on any atom is 0.273 e. The average molecular weight is 306 g/mol. The summed E-state index contributed by atoms with van der Waals surface area (Å²) in [5.41, 5.74) is 1.26. The fourth-order valence-corrected chi connectivity index (χ4v) is 2.00. The molecule has 0 unspecified atom stereocenters. The maximum absolute atomic E-state index is 12.1. The molecule has 5 nitrogen and oxygen atoms in total. The van der Waals surface area contributed by atoms with Gasteiger partial charge in [-0.05, 0) is 18.6 Å². The van der Waals surface area contributed by atoms with Crippen LogP contribution in [0.5, 0.6) is 5.75 Å². The van der Waals surface area contributed by atoms with Gasteiger partial charge in [0.15, 0.2) is 12.4 Å². The Morgan fingerprint density at radius 3 is 2.67 bits per heavy atom. The highest BCUT2D eigenvalue weighted by atomic mass is 35.5. The van der Waals surface area contributed by atoms with Crippen molar-refractivity contribution in [2.75, 3.05) is 6.61 Å². The summed E-state index contributed by atoms with van der Waals surface area (Å²) in [5.74, 6) is -0.0940. The monoisotopic (exact) mass is 305 g/mol. The van der Waals surface area contributed by atoms with Crippen LogP contribution < -0.4 is 4.74 Å². The molecule has 0 bridgehead atoms. The Labute approximate surface area is 126 Å². The number of hydrogen-bond acceptors (Lipinski definition) is 4. The minimum Gasteiger partial charge on any atom is -0.484 e. The maximum atomic E-state index is 12.1. The van der Waals surface area contributed by atoms with Crippen LogP contribution in [-0.4, -0.2) is 17.3 Å². The zero-order valence-corrected chi connectivity index (χ0v) is 12.0. The zero-order valence-electron chi connectivity index (χ0n) is 11.2. The number of rotatable bonds is 5. The van der Waals surface area contributed by atoms with E-state index in [9.17, 15) is 14.9 Å². The van der Waals surface area contributed by atoms with Crippen LogP contribution in [0.2, 0.25) is 5.02 Å². The molecule has 6 heteroatoms. The number of halogens is 1. The molecule has 0 saturated heterocycles. The molecule has 0 fully saturated rings. The number of benzene rings is 2. The van der Waals surface area contributed by atoms with E-state index in [1.807, 2.05) is 19.1 Å². The summed E-state index contributed by atoms with van der Waals surface area (Å²) in [4.78, 5) is 22.2. The van der Waals surface area contributed by atoms with Crippen LogP contribution in [-0.2, 0) is 0 Å². The number of ketones is 1. The van der Waals surface area contributed by atoms with E-state index >= 15 is 0 Å². The fourth-order valence-electron chi connectivity index (χ4n) is 1.82. The Bertz CT molecular complexity index is 700. The van der Waals surface area contributed by atoms with Gasteiger partial charge < -0.3 is 4.74 Å². The Kier molecular flexibility index (Phi) is 4.55. The highest BCUT2D eigenvalue weighted by Gasteiger charge is 2.14. The smallest absolute Gasteiger partial charge is 0.273 e. The average Bonchev–Trinajstić information content (AvgIpc) is 2.46. The molecule has 0 saturated carbocycles. The number of aryl methyl sites for hydroxylation is 1. The number of nitrogens with zero attached hydrogens (tertiary/aromatic N) is 1. The summed E-state index contributed by atoms with van der Waals surface area (Å²) in [6, 6.07) is 11.0. The first-order chi connectivity index (χ1) is 9.99. The lowest BCUT2D eigenvalue weighted by molar-refractivity contribution is -0.384. The number of nitro groups is 1. The predicted molar refractivity (Wildman–Crippen MR) is 79.1 cm³/mol. The third kappa shape index (κ3) is 3.58. The predicted octanol–water partition coefficient (Wildman–Crippen LogP) is 3.82. The van der Waals surface area contributed by atoms with Gasteiger partial charge in [-0.15, -0.1) is 0 Å². The highest BCUT2D eigenvalue weighted by molar-refractivity contribution is 6.32. The summed E-state index contributed by atoms with van der Waals surface area (Å²) in [6.07, 6.45) is 0. The summed E-state index contributed by atoms with van der Waals surface area (Å²) < 4.78 is 5.31. The van der Waals surface area contributed by atoms with Crippen LogP contribution in [0, 0.1) is 17.0 Å². The van der Waals surface area contributed by atoms with E-state index in [2.05, 4.69) is 0 Å². The minimum absolute atomic E-state index is 0.118. The standard InChI is InChI=1S/C15H12ClNO4/c1-10-4-2-3-5-12(10)14(18)9-21-15-8-11(17(19)20)6-7-13(15)16/h2-8H,9H2,1H3. The molecule has 0 N–H and O–H groups in total. The molecule has 0 aliphatic heterocycles. The lowest BCUT2D eigenvalue weighted by atomic mass is 10.1. The quantitative estimate of drug-likeness (QED) is 0.478. The normalized spacial score (nSPS) is 10.2. The van der Waals surface area contributed by atoms with Gasteiger partial charge in [0.25, 0.3) is 5.69 Å². The molecule has 0 heterocycles. The second-order valence-electron chi connectivity index (χ2n) is 4.40. The molecule has 21 heavy (non-hydrogen) atoms. The topological polar surface area (TPSA) is 69.4 Å². The van der Waals surface area contributed by atoms with E-state index in [0.717, 1.165) is 5.56 Å². The van der Waals surface area contributed by atoms with Crippen molar-refractivity contribution < 1.29 is 14.5 Å². The zero-order chi connectivity index (χ0) is 15.4. The molecular formula is C15H12ClNO4. The number of nitro benzene ring substituents is 1. The van der Waals surface area contributed by atoms with Gasteiger partial charge >= 0.3 is 0 Å². The van der Waals surface area contributed by atoms with Crippen molar-refractivity contribution in [2.24, 2.45) is 0 Å². The summed E-state index contributed by atoms with van der Waals surface area (Å²) in [5, 5.41) is 10.9. The summed E-state index contributed by atoms with van der Waals surface area (Å²) >= 11 is 5.90. The van der Waals surface area contributed by atoms with Crippen LogP contribution in [0.1, 0.15) is 15.9 Å². The molecule has 108 valence electrons. The van der Waals surface area contributed by atoms with Gasteiger partial charge in [-0.25, -0.2) is 0 Å². The molecule has 0 aliphatic carbocycles. The third-order valence-electron chi connectivity index (χ3n) is 2.93. The minimum atomic E-state index is -0.549. The summed E-state index contributed by atoms with van der Waals surface area (Å²) in [6.45, 7) is 1.60. The molecule has 2 aromatic rings. The second kappa shape index (κ2) is 6.37. The van der Waals surface area contributed by atoms with Crippen molar-refractivity contribution in [3.05, 3.63) is 68.7 Å². The van der Waals surface area contributed by atoms with E-state index in [1.54, 1.807) is 12.1 Å². The first-order valence-corrected chi connectivity index (χ1v) is 6.52. The van der Waals surface area contributed by atoms with Crippen molar-refractivity contribution in [3.8, 4) is 5.75 Å². The Hall–Kier alpha value is -2.40. The third-order valence-corrected chi connectivity index (χ3v) is 3.24. The molecule has 0 amide bonds. The molecule has 0 spiro atoms. The van der Waals surface area contributed by atoms with Gasteiger partial charge in [0, 0.05) is 11.6 Å². The van der Waals surface area contributed by atoms with E-state index in [0.29, 0.717) is 5.56 Å².